The number of rotatable bonds is 6. The number of aliphatic hydroxyl groups excluding tert-OH is 1. The Labute approximate surface area is 95.7 Å². The first kappa shape index (κ1) is 13.1. The lowest BCUT2D eigenvalue weighted by atomic mass is 10.1. The van der Waals surface area contributed by atoms with Gasteiger partial charge in [-0.25, -0.2) is 4.39 Å². The van der Waals surface area contributed by atoms with Gasteiger partial charge in [-0.05, 0) is 24.2 Å². The Morgan fingerprint density at radius 3 is 2.75 bits per heavy atom. The molecule has 0 radical (unpaired) electrons. The van der Waals surface area contributed by atoms with Gasteiger partial charge in [0.1, 0.15) is 5.82 Å². The summed E-state index contributed by atoms with van der Waals surface area (Å²) in [5, 5.41) is 8.96. The van der Waals surface area contributed by atoms with Crippen molar-refractivity contribution in [2.45, 2.75) is 13.0 Å². The summed E-state index contributed by atoms with van der Waals surface area (Å²) in [7, 11) is 0. The van der Waals surface area contributed by atoms with E-state index >= 15 is 0 Å². The molecule has 0 spiro atoms. The summed E-state index contributed by atoms with van der Waals surface area (Å²) in [5.41, 5.74) is 6.57. The first-order chi connectivity index (χ1) is 7.72. The monoisotopic (exact) mass is 226 g/mol. The van der Waals surface area contributed by atoms with Gasteiger partial charge in [-0.2, -0.15) is 0 Å². The molecule has 0 fully saturated rings. The first-order valence-electron chi connectivity index (χ1n) is 5.53. The number of nitrogens with two attached hydrogens (primary N) is 1. The molecule has 1 rings (SSSR count). The van der Waals surface area contributed by atoms with E-state index in [1.54, 1.807) is 6.07 Å². The van der Waals surface area contributed by atoms with Crippen LogP contribution in [-0.2, 0) is 0 Å². The van der Waals surface area contributed by atoms with Gasteiger partial charge in [0.25, 0.3) is 0 Å². The highest BCUT2D eigenvalue weighted by atomic mass is 19.1. The van der Waals surface area contributed by atoms with Crippen LogP contribution in [0.5, 0.6) is 0 Å². The van der Waals surface area contributed by atoms with Gasteiger partial charge in [-0.1, -0.05) is 19.1 Å². The second kappa shape index (κ2) is 6.58. The summed E-state index contributed by atoms with van der Waals surface area (Å²) in [6, 6.07) is 6.42. The van der Waals surface area contributed by atoms with Crippen molar-refractivity contribution in [3.05, 3.63) is 35.6 Å². The molecular weight excluding hydrogens is 207 g/mol. The van der Waals surface area contributed by atoms with Crippen molar-refractivity contribution in [1.29, 1.82) is 0 Å². The van der Waals surface area contributed by atoms with E-state index in [2.05, 4.69) is 0 Å². The van der Waals surface area contributed by atoms with Crippen LogP contribution in [0, 0.1) is 5.82 Å². The lowest BCUT2D eigenvalue weighted by Gasteiger charge is -2.29. The Morgan fingerprint density at radius 2 is 2.25 bits per heavy atom. The Balaban J connectivity index is 2.87. The molecule has 90 valence electrons. The normalized spacial score (nSPS) is 13.1. The Bertz CT molecular complexity index is 320. The molecule has 0 saturated carbocycles. The number of nitrogens with zero attached hydrogens (tertiary/aromatic N) is 1. The van der Waals surface area contributed by atoms with Gasteiger partial charge in [-0.15, -0.1) is 0 Å². The zero-order chi connectivity index (χ0) is 12.0. The quantitative estimate of drug-likeness (QED) is 0.764. The molecule has 1 aromatic carbocycles. The summed E-state index contributed by atoms with van der Waals surface area (Å²) in [5.74, 6) is -0.254. The minimum Gasteiger partial charge on any atom is -0.395 e. The van der Waals surface area contributed by atoms with Crippen LogP contribution in [-0.4, -0.2) is 36.2 Å². The number of hydrogen-bond acceptors (Lipinski definition) is 3. The van der Waals surface area contributed by atoms with Crippen LogP contribution in [0.3, 0.4) is 0 Å². The smallest absolute Gasteiger partial charge is 0.123 e. The second-order valence-corrected chi connectivity index (χ2v) is 3.66. The maximum Gasteiger partial charge on any atom is 0.123 e. The number of halogens is 1. The molecule has 3 nitrogen and oxygen atoms in total. The van der Waals surface area contributed by atoms with E-state index in [9.17, 15) is 4.39 Å². The van der Waals surface area contributed by atoms with Gasteiger partial charge in [0.05, 0.1) is 6.61 Å². The van der Waals surface area contributed by atoms with Crippen molar-refractivity contribution in [2.75, 3.05) is 26.2 Å². The Kier molecular flexibility index (Phi) is 5.38. The molecule has 0 heterocycles. The van der Waals surface area contributed by atoms with Crippen molar-refractivity contribution < 1.29 is 9.50 Å². The lowest BCUT2D eigenvalue weighted by Crippen LogP contribution is -2.35. The average molecular weight is 226 g/mol. The van der Waals surface area contributed by atoms with Gasteiger partial charge in [0, 0.05) is 19.1 Å². The molecule has 1 atom stereocenters. The van der Waals surface area contributed by atoms with Crippen LogP contribution in [0.1, 0.15) is 18.5 Å². The van der Waals surface area contributed by atoms with Gasteiger partial charge < -0.3 is 10.8 Å². The van der Waals surface area contributed by atoms with Crippen LogP contribution < -0.4 is 5.73 Å². The molecular formula is C12H19FN2O. The molecule has 4 heteroatoms. The van der Waals surface area contributed by atoms with Crippen LogP contribution in [0.2, 0.25) is 0 Å². The predicted molar refractivity (Wildman–Crippen MR) is 62.5 cm³/mol. The fourth-order valence-corrected chi connectivity index (χ4v) is 1.87. The third kappa shape index (κ3) is 3.27. The minimum absolute atomic E-state index is 0.0344. The van der Waals surface area contributed by atoms with Gasteiger partial charge >= 0.3 is 0 Å². The van der Waals surface area contributed by atoms with E-state index < -0.39 is 0 Å². The second-order valence-electron chi connectivity index (χ2n) is 3.66. The third-order valence-corrected chi connectivity index (χ3v) is 2.69. The number of aliphatic hydroxyl groups is 1. The highest BCUT2D eigenvalue weighted by Gasteiger charge is 2.17. The summed E-state index contributed by atoms with van der Waals surface area (Å²) in [6.45, 7) is 3.82. The third-order valence-electron chi connectivity index (χ3n) is 2.69. The van der Waals surface area contributed by atoms with Crippen molar-refractivity contribution in [2.24, 2.45) is 5.73 Å². The van der Waals surface area contributed by atoms with Crippen molar-refractivity contribution in [3.8, 4) is 0 Å². The van der Waals surface area contributed by atoms with Crippen molar-refractivity contribution in [3.63, 3.8) is 0 Å². The molecule has 1 unspecified atom stereocenters. The summed E-state index contributed by atoms with van der Waals surface area (Å²) in [4.78, 5) is 2.04. The van der Waals surface area contributed by atoms with Crippen molar-refractivity contribution in [1.82, 2.24) is 4.90 Å². The number of likely N-dealkylation sites (N-methyl/N-ethyl adjacent to an activating group) is 1. The molecule has 0 aliphatic carbocycles. The van der Waals surface area contributed by atoms with Gasteiger partial charge in [-0.3, -0.25) is 4.90 Å². The van der Waals surface area contributed by atoms with Gasteiger partial charge in [0.2, 0.25) is 0 Å². The fourth-order valence-electron chi connectivity index (χ4n) is 1.87. The zero-order valence-corrected chi connectivity index (χ0v) is 9.56. The zero-order valence-electron chi connectivity index (χ0n) is 9.56. The average Bonchev–Trinajstić information content (AvgIpc) is 2.29. The number of hydrogen-bond donors (Lipinski definition) is 2. The summed E-state index contributed by atoms with van der Waals surface area (Å²) < 4.78 is 13.1. The highest BCUT2D eigenvalue weighted by Crippen LogP contribution is 2.19. The van der Waals surface area contributed by atoms with E-state index in [0.717, 1.165) is 12.1 Å². The minimum atomic E-state index is -0.254. The maximum atomic E-state index is 13.1. The van der Waals surface area contributed by atoms with E-state index in [0.29, 0.717) is 13.1 Å². The van der Waals surface area contributed by atoms with Gasteiger partial charge in [0.15, 0.2) is 0 Å². The van der Waals surface area contributed by atoms with Crippen molar-refractivity contribution >= 4 is 0 Å². The summed E-state index contributed by atoms with van der Waals surface area (Å²) >= 11 is 0. The predicted octanol–water partition coefficient (Wildman–Crippen LogP) is 1.14. The van der Waals surface area contributed by atoms with E-state index in [1.165, 1.54) is 12.1 Å². The molecule has 0 saturated heterocycles. The topological polar surface area (TPSA) is 49.5 Å². The van der Waals surface area contributed by atoms with Crippen LogP contribution in [0.4, 0.5) is 4.39 Å². The fraction of sp³-hybridized carbons (Fsp3) is 0.500. The molecule has 0 aliphatic heterocycles. The first-order valence-corrected chi connectivity index (χ1v) is 5.53. The van der Waals surface area contributed by atoms with Crippen LogP contribution >= 0.6 is 0 Å². The van der Waals surface area contributed by atoms with E-state index in [1.807, 2.05) is 17.9 Å². The molecule has 0 aliphatic rings. The summed E-state index contributed by atoms with van der Waals surface area (Å²) in [6.07, 6.45) is 0. The Morgan fingerprint density at radius 1 is 1.50 bits per heavy atom. The number of benzene rings is 1. The molecule has 0 bridgehead atoms. The van der Waals surface area contributed by atoms with E-state index in [-0.39, 0.29) is 18.5 Å². The molecule has 16 heavy (non-hydrogen) atoms. The molecule has 0 amide bonds. The highest BCUT2D eigenvalue weighted by molar-refractivity contribution is 5.20. The van der Waals surface area contributed by atoms with Crippen LogP contribution in [0.15, 0.2) is 24.3 Å². The lowest BCUT2D eigenvalue weighted by molar-refractivity contribution is 0.160. The van der Waals surface area contributed by atoms with Crippen LogP contribution in [0.25, 0.3) is 0 Å². The standard InChI is InChI=1S/C12H19FN2O/c1-2-15(6-7-16)12(9-14)10-4-3-5-11(13)8-10/h3-5,8,12,16H,2,6-7,9,14H2,1H3. The Hall–Kier alpha value is -0.970. The maximum absolute atomic E-state index is 13.1. The molecule has 3 N–H and O–H groups in total. The SMILES string of the molecule is CCN(CCO)C(CN)c1cccc(F)c1. The molecule has 1 aromatic rings. The molecule has 0 aromatic heterocycles. The van der Waals surface area contributed by atoms with E-state index in [4.69, 9.17) is 10.8 Å². The largest absolute Gasteiger partial charge is 0.395 e.